The quantitative estimate of drug-likeness (QED) is 0.214. The number of piperidine rings is 1. The van der Waals surface area contributed by atoms with Gasteiger partial charge in [0.15, 0.2) is 11.5 Å². The van der Waals surface area contributed by atoms with Gasteiger partial charge < -0.3 is 19.5 Å². The van der Waals surface area contributed by atoms with Crippen LogP contribution in [-0.4, -0.2) is 70.3 Å². The number of pyridine rings is 2. The first-order chi connectivity index (χ1) is 21.7. The maximum atomic E-state index is 14.0. The Bertz CT molecular complexity index is 1660. The molecule has 7 rings (SSSR count). The lowest BCUT2D eigenvalue weighted by Gasteiger charge is -2.34. The molecule has 3 fully saturated rings. The van der Waals surface area contributed by atoms with Gasteiger partial charge in [-0.2, -0.15) is 13.2 Å². The monoisotopic (exact) mass is 620 g/mol. The second-order valence-corrected chi connectivity index (χ2v) is 13.1. The van der Waals surface area contributed by atoms with Crippen molar-refractivity contribution in [2.45, 2.75) is 69.9 Å². The summed E-state index contributed by atoms with van der Waals surface area (Å²) >= 11 is 0. The summed E-state index contributed by atoms with van der Waals surface area (Å²) in [5, 5.41) is 0. The number of fused-ring (bicyclic) bond motifs is 1. The standard InChI is InChI=1S/C33H39F3N8O/c1-43(19-32(20-45-2)10-4-5-11-32)26-16-24(22-14-23(21-8-9-21)39-27(15-22)33(34,35)36)40-31-29(26)41-30(42-31)25-17-38-28(18-37-25)44-12-6-3-7-13-44/h14-18,21H,3-13,19-20H2,1-2H3,(H,40,41,42). The summed E-state index contributed by atoms with van der Waals surface area (Å²) in [6.45, 7) is 3.32. The molecule has 1 N–H and O–H groups in total. The van der Waals surface area contributed by atoms with Crippen LogP contribution in [0.15, 0.2) is 30.6 Å². The fraction of sp³-hybridized carbons (Fsp3) is 0.545. The van der Waals surface area contributed by atoms with Gasteiger partial charge in [0.25, 0.3) is 0 Å². The number of H-pyrrole nitrogens is 1. The third-order valence-corrected chi connectivity index (χ3v) is 9.53. The van der Waals surface area contributed by atoms with Crippen molar-refractivity contribution in [3.8, 4) is 22.8 Å². The number of halogens is 3. The Kier molecular flexibility index (Phi) is 7.87. The molecule has 4 aromatic heterocycles. The second kappa shape index (κ2) is 11.9. The van der Waals surface area contributed by atoms with Gasteiger partial charge in [-0.3, -0.25) is 0 Å². The maximum absolute atomic E-state index is 14.0. The van der Waals surface area contributed by atoms with Crippen LogP contribution in [-0.2, 0) is 10.9 Å². The van der Waals surface area contributed by atoms with E-state index in [0.29, 0.717) is 46.2 Å². The molecule has 0 bridgehead atoms. The third-order valence-electron chi connectivity index (χ3n) is 9.53. The van der Waals surface area contributed by atoms with Crippen molar-refractivity contribution in [2.24, 2.45) is 5.41 Å². The smallest absolute Gasteiger partial charge is 0.384 e. The summed E-state index contributed by atoms with van der Waals surface area (Å²) in [7, 11) is 3.76. The molecule has 5 heterocycles. The molecule has 9 nitrogen and oxygen atoms in total. The number of nitrogens with one attached hydrogen (secondary N) is 1. The van der Waals surface area contributed by atoms with Gasteiger partial charge in [-0.15, -0.1) is 0 Å². The Morgan fingerprint density at radius 3 is 2.40 bits per heavy atom. The number of aromatic amines is 1. The molecule has 0 spiro atoms. The van der Waals surface area contributed by atoms with Crippen LogP contribution in [0.25, 0.3) is 33.9 Å². The molecular formula is C33H39F3N8O. The van der Waals surface area contributed by atoms with Crippen molar-refractivity contribution in [1.29, 1.82) is 0 Å². The van der Waals surface area contributed by atoms with E-state index in [-0.39, 0.29) is 11.3 Å². The van der Waals surface area contributed by atoms with Crippen molar-refractivity contribution >= 4 is 22.7 Å². The first kappa shape index (κ1) is 29.9. The highest BCUT2D eigenvalue weighted by Crippen LogP contribution is 2.44. The molecule has 12 heteroatoms. The molecule has 238 valence electrons. The molecule has 4 aromatic rings. The molecule has 0 amide bonds. The molecule has 0 radical (unpaired) electrons. The predicted octanol–water partition coefficient (Wildman–Crippen LogP) is 7.01. The number of imidazole rings is 1. The normalized spacial score (nSPS) is 18.6. The molecular weight excluding hydrogens is 581 g/mol. The number of hydrogen-bond acceptors (Lipinski definition) is 8. The summed E-state index contributed by atoms with van der Waals surface area (Å²) in [5.41, 5.74) is 2.89. The van der Waals surface area contributed by atoms with Crippen molar-refractivity contribution in [3.63, 3.8) is 0 Å². The molecule has 0 aromatic carbocycles. The summed E-state index contributed by atoms with van der Waals surface area (Å²) in [6.07, 6.45) is 8.57. The van der Waals surface area contributed by atoms with Gasteiger partial charge in [0.05, 0.1) is 30.4 Å². The Balaban J connectivity index is 1.31. The molecule has 2 saturated carbocycles. The largest absolute Gasteiger partial charge is 0.433 e. The molecule has 1 aliphatic heterocycles. The van der Waals surface area contributed by atoms with Crippen LogP contribution in [0.4, 0.5) is 24.7 Å². The first-order valence-corrected chi connectivity index (χ1v) is 16.0. The molecule has 1 saturated heterocycles. The highest BCUT2D eigenvalue weighted by atomic mass is 19.4. The molecule has 0 atom stereocenters. The van der Waals surface area contributed by atoms with Crippen LogP contribution >= 0.6 is 0 Å². The van der Waals surface area contributed by atoms with Gasteiger partial charge in [-0.1, -0.05) is 12.8 Å². The summed E-state index contributed by atoms with van der Waals surface area (Å²) in [4.78, 5) is 30.8. The topological polar surface area (TPSA) is 95.9 Å². The molecule has 2 aliphatic carbocycles. The summed E-state index contributed by atoms with van der Waals surface area (Å²) in [6, 6.07) is 4.73. The van der Waals surface area contributed by atoms with Crippen molar-refractivity contribution in [2.75, 3.05) is 50.2 Å². The van der Waals surface area contributed by atoms with E-state index in [2.05, 4.69) is 29.7 Å². The highest BCUT2D eigenvalue weighted by molar-refractivity contribution is 5.91. The Morgan fingerprint density at radius 1 is 0.956 bits per heavy atom. The van der Waals surface area contributed by atoms with Crippen LogP contribution < -0.4 is 9.80 Å². The van der Waals surface area contributed by atoms with E-state index in [1.807, 2.05) is 13.1 Å². The fourth-order valence-corrected chi connectivity index (χ4v) is 7.07. The Hall–Kier alpha value is -3.80. The number of nitrogens with zero attached hydrogens (tertiary/aromatic N) is 7. The van der Waals surface area contributed by atoms with Gasteiger partial charge in [0.2, 0.25) is 0 Å². The zero-order valence-electron chi connectivity index (χ0n) is 25.8. The number of rotatable bonds is 9. The zero-order valence-corrected chi connectivity index (χ0v) is 25.8. The maximum Gasteiger partial charge on any atom is 0.433 e. The van der Waals surface area contributed by atoms with E-state index in [9.17, 15) is 13.2 Å². The minimum atomic E-state index is -4.56. The second-order valence-electron chi connectivity index (χ2n) is 13.1. The van der Waals surface area contributed by atoms with Gasteiger partial charge in [0, 0.05) is 56.4 Å². The van der Waals surface area contributed by atoms with Crippen LogP contribution in [0.2, 0.25) is 0 Å². The van der Waals surface area contributed by atoms with E-state index in [1.54, 1.807) is 25.6 Å². The number of ether oxygens (including phenoxy) is 1. The van der Waals surface area contributed by atoms with Crippen LogP contribution in [0.1, 0.15) is 75.1 Å². The van der Waals surface area contributed by atoms with Gasteiger partial charge in [0.1, 0.15) is 22.7 Å². The third kappa shape index (κ3) is 6.21. The lowest BCUT2D eigenvalue weighted by atomic mass is 9.86. The van der Waals surface area contributed by atoms with Crippen LogP contribution in [0, 0.1) is 5.41 Å². The number of anilines is 2. The number of alkyl halides is 3. The van der Waals surface area contributed by atoms with Gasteiger partial charge in [-0.05, 0) is 63.1 Å². The van der Waals surface area contributed by atoms with E-state index in [0.717, 1.165) is 88.6 Å². The van der Waals surface area contributed by atoms with Crippen LogP contribution in [0.5, 0.6) is 0 Å². The SMILES string of the molecule is COCC1(CN(C)c2cc(-c3cc(C4CC4)nc(C(F)(F)F)c3)nc3nc(-c4cnc(N5CCCCC5)cn4)[nH]c23)CCCC1. The first-order valence-electron chi connectivity index (χ1n) is 16.0. The van der Waals surface area contributed by atoms with Gasteiger partial charge >= 0.3 is 6.18 Å². The molecule has 3 aliphatic rings. The van der Waals surface area contributed by atoms with Crippen molar-refractivity contribution in [1.82, 2.24) is 29.9 Å². The highest BCUT2D eigenvalue weighted by Gasteiger charge is 2.37. The van der Waals surface area contributed by atoms with E-state index in [4.69, 9.17) is 14.7 Å². The minimum absolute atomic E-state index is 0.00285. The minimum Gasteiger partial charge on any atom is -0.384 e. The lowest BCUT2D eigenvalue weighted by Crippen LogP contribution is -2.37. The predicted molar refractivity (Wildman–Crippen MR) is 167 cm³/mol. The number of methoxy groups -OCH3 is 1. The molecule has 0 unspecified atom stereocenters. The van der Waals surface area contributed by atoms with Crippen molar-refractivity contribution in [3.05, 3.63) is 42.0 Å². The average Bonchev–Trinajstić information content (AvgIpc) is 3.65. The number of hydrogen-bond donors (Lipinski definition) is 1. The van der Waals surface area contributed by atoms with E-state index < -0.39 is 11.9 Å². The molecule has 45 heavy (non-hydrogen) atoms. The van der Waals surface area contributed by atoms with Crippen LogP contribution in [0.3, 0.4) is 0 Å². The average molecular weight is 621 g/mol. The Labute approximate surface area is 260 Å². The summed E-state index contributed by atoms with van der Waals surface area (Å²) < 4.78 is 47.5. The van der Waals surface area contributed by atoms with E-state index in [1.165, 1.54) is 6.42 Å². The fourth-order valence-electron chi connectivity index (χ4n) is 7.07. The lowest BCUT2D eigenvalue weighted by molar-refractivity contribution is -0.141. The zero-order chi connectivity index (χ0) is 31.2. The summed E-state index contributed by atoms with van der Waals surface area (Å²) in [5.74, 6) is 1.41. The van der Waals surface area contributed by atoms with Crippen molar-refractivity contribution < 1.29 is 17.9 Å². The Morgan fingerprint density at radius 2 is 1.73 bits per heavy atom. The number of aromatic nitrogens is 6. The van der Waals surface area contributed by atoms with E-state index >= 15 is 0 Å². The van der Waals surface area contributed by atoms with Gasteiger partial charge in [-0.25, -0.2) is 24.9 Å².